The highest BCUT2D eigenvalue weighted by atomic mass is 16.3. The van der Waals surface area contributed by atoms with Crippen LogP contribution < -0.4 is 0 Å². The summed E-state index contributed by atoms with van der Waals surface area (Å²) >= 11 is 0. The lowest BCUT2D eigenvalue weighted by atomic mass is 9.75. The van der Waals surface area contributed by atoms with Gasteiger partial charge in [0.2, 0.25) is 0 Å². The van der Waals surface area contributed by atoms with Gasteiger partial charge in [-0.2, -0.15) is 0 Å². The predicted octanol–water partition coefficient (Wildman–Crippen LogP) is 3.44. The molecule has 0 radical (unpaired) electrons. The van der Waals surface area contributed by atoms with Gasteiger partial charge in [0, 0.05) is 19.6 Å². The van der Waals surface area contributed by atoms with E-state index < -0.39 is 0 Å². The van der Waals surface area contributed by atoms with Gasteiger partial charge < -0.3 is 10.0 Å². The maximum atomic E-state index is 10.9. The molecule has 1 N–H and O–H groups in total. The van der Waals surface area contributed by atoms with E-state index in [0.717, 1.165) is 31.8 Å². The summed E-state index contributed by atoms with van der Waals surface area (Å²) in [5.74, 6) is 1.33. The largest absolute Gasteiger partial charge is 0.390 e. The van der Waals surface area contributed by atoms with Crippen molar-refractivity contribution >= 4 is 0 Å². The monoisotopic (exact) mass is 253 g/mol. The van der Waals surface area contributed by atoms with Gasteiger partial charge >= 0.3 is 0 Å². The van der Waals surface area contributed by atoms with Gasteiger partial charge in [0.15, 0.2) is 0 Å². The van der Waals surface area contributed by atoms with E-state index in [1.807, 2.05) is 0 Å². The van der Waals surface area contributed by atoms with Crippen LogP contribution in [-0.2, 0) is 0 Å². The number of rotatable bonds is 3. The molecule has 1 aliphatic carbocycles. The molecule has 0 spiro atoms. The first kappa shape index (κ1) is 14.3. The van der Waals surface area contributed by atoms with Crippen LogP contribution in [0, 0.1) is 11.8 Å². The number of aliphatic hydroxyl groups is 1. The smallest absolute Gasteiger partial charge is 0.0700 e. The van der Waals surface area contributed by atoms with E-state index in [2.05, 4.69) is 18.7 Å². The van der Waals surface area contributed by atoms with Crippen molar-refractivity contribution in [3.63, 3.8) is 0 Å². The van der Waals surface area contributed by atoms with E-state index in [0.29, 0.717) is 5.92 Å². The maximum Gasteiger partial charge on any atom is 0.0700 e. The number of nitrogens with zero attached hydrogens (tertiary/aromatic N) is 1. The molecular weight excluding hydrogens is 222 g/mol. The van der Waals surface area contributed by atoms with Crippen LogP contribution in [0.1, 0.15) is 65.2 Å². The average molecular weight is 253 g/mol. The standard InChI is InChI=1S/C16H31NO/c1-14(2)13-17-11-9-16(18,10-12-17)15-7-5-3-4-6-8-15/h14-15,18H,3-13H2,1-2H3. The van der Waals surface area contributed by atoms with Gasteiger partial charge in [-0.15, -0.1) is 0 Å². The van der Waals surface area contributed by atoms with E-state index in [1.54, 1.807) is 0 Å². The van der Waals surface area contributed by atoms with Gasteiger partial charge in [-0.3, -0.25) is 0 Å². The molecule has 0 atom stereocenters. The maximum absolute atomic E-state index is 10.9. The Morgan fingerprint density at radius 3 is 2.11 bits per heavy atom. The zero-order valence-corrected chi connectivity index (χ0v) is 12.3. The molecule has 1 saturated carbocycles. The van der Waals surface area contributed by atoms with Crippen LogP contribution in [0.4, 0.5) is 0 Å². The molecule has 2 aliphatic rings. The zero-order chi connectivity index (χ0) is 13.0. The highest BCUT2D eigenvalue weighted by Crippen LogP contribution is 2.38. The predicted molar refractivity (Wildman–Crippen MR) is 76.7 cm³/mol. The highest BCUT2D eigenvalue weighted by molar-refractivity contribution is 4.92. The van der Waals surface area contributed by atoms with Gasteiger partial charge in [0.25, 0.3) is 0 Å². The Kier molecular flexibility index (Phi) is 5.08. The highest BCUT2D eigenvalue weighted by Gasteiger charge is 2.39. The van der Waals surface area contributed by atoms with Crippen LogP contribution in [0.5, 0.6) is 0 Å². The Hall–Kier alpha value is -0.0800. The van der Waals surface area contributed by atoms with Crippen LogP contribution in [0.3, 0.4) is 0 Å². The number of hydrogen-bond donors (Lipinski definition) is 1. The Labute approximate surface area is 113 Å². The van der Waals surface area contributed by atoms with E-state index in [4.69, 9.17) is 0 Å². The van der Waals surface area contributed by atoms with Gasteiger partial charge in [0.1, 0.15) is 0 Å². The summed E-state index contributed by atoms with van der Waals surface area (Å²) in [7, 11) is 0. The molecule has 1 aliphatic heterocycles. The van der Waals surface area contributed by atoms with Crippen molar-refractivity contribution in [1.29, 1.82) is 0 Å². The Morgan fingerprint density at radius 2 is 1.61 bits per heavy atom. The summed E-state index contributed by atoms with van der Waals surface area (Å²) in [6.45, 7) is 7.97. The molecule has 0 aromatic carbocycles. The summed E-state index contributed by atoms with van der Waals surface area (Å²) in [5.41, 5.74) is -0.335. The summed E-state index contributed by atoms with van der Waals surface area (Å²) in [5, 5.41) is 10.9. The molecule has 0 unspecified atom stereocenters. The van der Waals surface area contributed by atoms with Gasteiger partial charge in [-0.05, 0) is 37.5 Å². The molecule has 2 heteroatoms. The van der Waals surface area contributed by atoms with E-state index in [9.17, 15) is 5.11 Å². The second kappa shape index (κ2) is 6.38. The first-order valence-electron chi connectivity index (χ1n) is 8.05. The SMILES string of the molecule is CC(C)CN1CCC(O)(C2CCCCCC2)CC1. The van der Waals surface area contributed by atoms with Crippen molar-refractivity contribution in [3.05, 3.63) is 0 Å². The lowest BCUT2D eigenvalue weighted by Crippen LogP contribution is -2.49. The summed E-state index contributed by atoms with van der Waals surface area (Å²) < 4.78 is 0. The van der Waals surface area contributed by atoms with E-state index in [1.165, 1.54) is 45.1 Å². The molecule has 0 amide bonds. The topological polar surface area (TPSA) is 23.5 Å². The van der Waals surface area contributed by atoms with Gasteiger partial charge in [-0.1, -0.05) is 39.5 Å². The van der Waals surface area contributed by atoms with Crippen LogP contribution in [0.25, 0.3) is 0 Å². The molecule has 0 aromatic heterocycles. The third-order valence-corrected chi connectivity index (χ3v) is 4.96. The molecule has 2 fully saturated rings. The third-order valence-electron chi connectivity index (χ3n) is 4.96. The van der Waals surface area contributed by atoms with E-state index >= 15 is 0 Å². The van der Waals surface area contributed by atoms with Crippen LogP contribution in [0.2, 0.25) is 0 Å². The number of hydrogen-bond acceptors (Lipinski definition) is 2. The Bertz CT molecular complexity index is 235. The first-order valence-corrected chi connectivity index (χ1v) is 8.05. The number of likely N-dealkylation sites (tertiary alicyclic amines) is 1. The second-order valence-electron chi connectivity index (χ2n) is 6.99. The molecule has 106 valence electrons. The second-order valence-corrected chi connectivity index (χ2v) is 6.99. The fourth-order valence-corrected chi connectivity index (χ4v) is 3.86. The van der Waals surface area contributed by atoms with Crippen molar-refractivity contribution in [2.24, 2.45) is 11.8 Å². The molecule has 1 saturated heterocycles. The van der Waals surface area contributed by atoms with Crippen LogP contribution >= 0.6 is 0 Å². The number of piperidine rings is 1. The van der Waals surface area contributed by atoms with Gasteiger partial charge in [-0.25, -0.2) is 0 Å². The summed E-state index contributed by atoms with van der Waals surface area (Å²) in [6, 6.07) is 0. The minimum Gasteiger partial charge on any atom is -0.390 e. The Morgan fingerprint density at radius 1 is 1.06 bits per heavy atom. The van der Waals surface area contributed by atoms with Crippen LogP contribution in [-0.4, -0.2) is 35.2 Å². The first-order chi connectivity index (χ1) is 8.60. The fourth-order valence-electron chi connectivity index (χ4n) is 3.86. The molecule has 0 aromatic rings. The van der Waals surface area contributed by atoms with Crippen molar-refractivity contribution < 1.29 is 5.11 Å². The molecule has 1 heterocycles. The lowest BCUT2D eigenvalue weighted by Gasteiger charge is -2.43. The quantitative estimate of drug-likeness (QED) is 0.779. The molecule has 2 nitrogen and oxygen atoms in total. The fraction of sp³-hybridized carbons (Fsp3) is 1.00. The van der Waals surface area contributed by atoms with Crippen molar-refractivity contribution in [2.45, 2.75) is 70.8 Å². The van der Waals surface area contributed by atoms with Crippen molar-refractivity contribution in [3.8, 4) is 0 Å². The average Bonchev–Trinajstić information content (AvgIpc) is 2.61. The van der Waals surface area contributed by atoms with E-state index in [-0.39, 0.29) is 5.60 Å². The molecule has 18 heavy (non-hydrogen) atoms. The molecule has 2 rings (SSSR count). The van der Waals surface area contributed by atoms with Gasteiger partial charge in [0.05, 0.1) is 5.60 Å². The summed E-state index contributed by atoms with van der Waals surface area (Å²) in [4.78, 5) is 2.54. The third kappa shape index (κ3) is 3.71. The lowest BCUT2D eigenvalue weighted by molar-refractivity contribution is -0.0727. The normalized spacial score (nSPS) is 27.3. The molecular formula is C16H31NO. The minimum atomic E-state index is -0.335. The zero-order valence-electron chi connectivity index (χ0n) is 12.3. The Balaban J connectivity index is 1.85. The van der Waals surface area contributed by atoms with Crippen molar-refractivity contribution in [1.82, 2.24) is 4.90 Å². The minimum absolute atomic E-state index is 0.335. The molecule has 0 bridgehead atoms. The summed E-state index contributed by atoms with van der Waals surface area (Å²) in [6.07, 6.45) is 9.97. The van der Waals surface area contributed by atoms with Crippen molar-refractivity contribution in [2.75, 3.05) is 19.6 Å². The van der Waals surface area contributed by atoms with Crippen LogP contribution in [0.15, 0.2) is 0 Å².